The smallest absolute Gasteiger partial charge is 0.270 e. The number of carbonyl (C=O) groups is 1. The molecule has 2 unspecified atom stereocenters. The Morgan fingerprint density at radius 1 is 1.48 bits per heavy atom. The molecule has 1 aliphatic rings. The first-order valence-electron chi connectivity index (χ1n) is 7.14. The van der Waals surface area contributed by atoms with E-state index in [1.165, 1.54) is 12.1 Å². The number of hydrogen-bond acceptors (Lipinski definition) is 3. The van der Waals surface area contributed by atoms with Crippen molar-refractivity contribution in [2.75, 3.05) is 6.54 Å². The van der Waals surface area contributed by atoms with Crippen molar-refractivity contribution in [3.63, 3.8) is 0 Å². The highest BCUT2D eigenvalue weighted by molar-refractivity contribution is 6.20. The second kappa shape index (κ2) is 6.89. The lowest BCUT2D eigenvalue weighted by Crippen LogP contribution is -2.32. The SMILES string of the molecule is Cc1ccc([N+](=O)[O-])cc1C(=O)NCC1CCCC(Cl)C1. The standard InChI is InChI=1S/C15H19ClN2O3/c1-10-5-6-13(18(20)21)8-14(10)15(19)17-9-11-3-2-4-12(16)7-11/h5-6,8,11-12H,2-4,7,9H2,1H3,(H,17,19). The molecule has 1 aromatic carbocycles. The Morgan fingerprint density at radius 2 is 2.24 bits per heavy atom. The molecule has 0 spiro atoms. The van der Waals surface area contributed by atoms with Crippen LogP contribution < -0.4 is 5.32 Å². The molecule has 1 saturated carbocycles. The third kappa shape index (κ3) is 4.17. The lowest BCUT2D eigenvalue weighted by atomic mass is 9.89. The van der Waals surface area contributed by atoms with Gasteiger partial charge in [-0.1, -0.05) is 12.5 Å². The van der Waals surface area contributed by atoms with Crippen LogP contribution in [0.3, 0.4) is 0 Å². The van der Waals surface area contributed by atoms with Crippen LogP contribution in [-0.4, -0.2) is 22.8 Å². The van der Waals surface area contributed by atoms with Gasteiger partial charge in [-0.05, 0) is 37.7 Å². The minimum Gasteiger partial charge on any atom is -0.352 e. The van der Waals surface area contributed by atoms with Crippen LogP contribution >= 0.6 is 11.6 Å². The van der Waals surface area contributed by atoms with E-state index in [1.807, 2.05) is 0 Å². The Kier molecular flexibility index (Phi) is 5.17. The van der Waals surface area contributed by atoms with Crippen molar-refractivity contribution in [3.05, 3.63) is 39.4 Å². The van der Waals surface area contributed by atoms with Crippen LogP contribution in [0.25, 0.3) is 0 Å². The molecular formula is C15H19ClN2O3. The van der Waals surface area contributed by atoms with Crippen molar-refractivity contribution in [1.29, 1.82) is 0 Å². The molecule has 1 aliphatic carbocycles. The molecule has 0 aromatic heterocycles. The van der Waals surface area contributed by atoms with Gasteiger partial charge in [0.05, 0.1) is 4.92 Å². The molecule has 1 aromatic rings. The maximum atomic E-state index is 12.2. The van der Waals surface area contributed by atoms with Crippen LogP contribution in [0.4, 0.5) is 5.69 Å². The first kappa shape index (κ1) is 15.8. The van der Waals surface area contributed by atoms with Gasteiger partial charge in [-0.3, -0.25) is 14.9 Å². The fraction of sp³-hybridized carbons (Fsp3) is 0.533. The van der Waals surface area contributed by atoms with Gasteiger partial charge in [-0.25, -0.2) is 0 Å². The minimum absolute atomic E-state index is 0.0655. The van der Waals surface area contributed by atoms with Crippen LogP contribution in [-0.2, 0) is 0 Å². The lowest BCUT2D eigenvalue weighted by Gasteiger charge is -2.25. The molecule has 0 radical (unpaired) electrons. The molecule has 2 atom stereocenters. The second-order valence-corrected chi connectivity index (χ2v) is 6.21. The van der Waals surface area contributed by atoms with E-state index in [0.29, 0.717) is 18.0 Å². The van der Waals surface area contributed by atoms with Crippen LogP contribution in [0, 0.1) is 23.0 Å². The monoisotopic (exact) mass is 310 g/mol. The molecular weight excluding hydrogens is 292 g/mol. The number of nitrogens with zero attached hydrogens (tertiary/aromatic N) is 1. The summed E-state index contributed by atoms with van der Waals surface area (Å²) in [6.45, 7) is 2.35. The quantitative estimate of drug-likeness (QED) is 0.526. The van der Waals surface area contributed by atoms with E-state index in [0.717, 1.165) is 31.2 Å². The summed E-state index contributed by atoms with van der Waals surface area (Å²) in [6.07, 6.45) is 4.10. The zero-order valence-corrected chi connectivity index (χ0v) is 12.7. The number of rotatable bonds is 4. The van der Waals surface area contributed by atoms with E-state index in [1.54, 1.807) is 13.0 Å². The largest absolute Gasteiger partial charge is 0.352 e. The Balaban J connectivity index is 1.99. The summed E-state index contributed by atoms with van der Waals surface area (Å²) in [6, 6.07) is 4.34. The van der Waals surface area contributed by atoms with Gasteiger partial charge in [0.2, 0.25) is 0 Å². The second-order valence-electron chi connectivity index (χ2n) is 5.60. The Labute approximate surface area is 128 Å². The van der Waals surface area contributed by atoms with Gasteiger partial charge in [0.1, 0.15) is 0 Å². The van der Waals surface area contributed by atoms with E-state index >= 15 is 0 Å². The van der Waals surface area contributed by atoms with E-state index in [9.17, 15) is 14.9 Å². The van der Waals surface area contributed by atoms with Crippen molar-refractivity contribution in [2.45, 2.75) is 38.0 Å². The summed E-state index contributed by atoms with van der Waals surface area (Å²) in [5.41, 5.74) is 1.03. The first-order valence-corrected chi connectivity index (χ1v) is 7.58. The number of halogens is 1. The molecule has 1 fully saturated rings. The van der Waals surface area contributed by atoms with Gasteiger partial charge in [0.15, 0.2) is 0 Å². The minimum atomic E-state index is -0.491. The molecule has 2 rings (SSSR count). The van der Waals surface area contributed by atoms with Crippen molar-refractivity contribution in [2.24, 2.45) is 5.92 Å². The molecule has 114 valence electrons. The van der Waals surface area contributed by atoms with Gasteiger partial charge >= 0.3 is 0 Å². The van der Waals surface area contributed by atoms with E-state index in [2.05, 4.69) is 5.32 Å². The molecule has 0 heterocycles. The number of carbonyl (C=O) groups excluding carboxylic acids is 1. The number of benzene rings is 1. The third-order valence-corrected chi connectivity index (χ3v) is 4.34. The van der Waals surface area contributed by atoms with Crippen LogP contribution in [0.1, 0.15) is 41.6 Å². The Bertz CT molecular complexity index is 548. The highest BCUT2D eigenvalue weighted by Crippen LogP contribution is 2.27. The predicted octanol–water partition coefficient (Wildman–Crippen LogP) is 3.43. The topological polar surface area (TPSA) is 72.2 Å². The molecule has 1 N–H and O–H groups in total. The summed E-state index contributed by atoms with van der Waals surface area (Å²) in [5, 5.41) is 13.9. The number of hydrogen-bond donors (Lipinski definition) is 1. The normalized spacial score (nSPS) is 21.8. The van der Waals surface area contributed by atoms with Gasteiger partial charge < -0.3 is 5.32 Å². The number of amides is 1. The average molecular weight is 311 g/mol. The van der Waals surface area contributed by atoms with Crippen molar-refractivity contribution >= 4 is 23.2 Å². The van der Waals surface area contributed by atoms with E-state index in [4.69, 9.17) is 11.6 Å². The van der Waals surface area contributed by atoms with Crippen LogP contribution in [0.15, 0.2) is 18.2 Å². The highest BCUT2D eigenvalue weighted by atomic mass is 35.5. The maximum absolute atomic E-state index is 12.2. The highest BCUT2D eigenvalue weighted by Gasteiger charge is 2.21. The number of non-ortho nitro benzene ring substituents is 1. The number of nitro benzene ring substituents is 1. The van der Waals surface area contributed by atoms with Gasteiger partial charge in [-0.15, -0.1) is 11.6 Å². The summed E-state index contributed by atoms with van der Waals surface area (Å²) in [7, 11) is 0. The van der Waals surface area contributed by atoms with Gasteiger partial charge in [-0.2, -0.15) is 0 Å². The third-order valence-electron chi connectivity index (χ3n) is 3.95. The Hall–Kier alpha value is -1.62. The number of nitro groups is 1. The zero-order chi connectivity index (χ0) is 15.4. The number of alkyl halides is 1. The molecule has 1 amide bonds. The molecule has 21 heavy (non-hydrogen) atoms. The Morgan fingerprint density at radius 3 is 2.90 bits per heavy atom. The van der Waals surface area contributed by atoms with Crippen molar-refractivity contribution < 1.29 is 9.72 Å². The number of nitrogens with one attached hydrogen (secondary N) is 1. The predicted molar refractivity (Wildman–Crippen MR) is 81.8 cm³/mol. The maximum Gasteiger partial charge on any atom is 0.270 e. The van der Waals surface area contributed by atoms with Gasteiger partial charge in [0.25, 0.3) is 11.6 Å². The van der Waals surface area contributed by atoms with Crippen molar-refractivity contribution in [3.8, 4) is 0 Å². The van der Waals surface area contributed by atoms with Crippen molar-refractivity contribution in [1.82, 2.24) is 5.32 Å². The van der Waals surface area contributed by atoms with Crippen LogP contribution in [0.2, 0.25) is 0 Å². The summed E-state index contributed by atoms with van der Waals surface area (Å²) >= 11 is 6.14. The van der Waals surface area contributed by atoms with E-state index in [-0.39, 0.29) is 17.0 Å². The molecule has 0 bridgehead atoms. The summed E-state index contributed by atoms with van der Waals surface area (Å²) in [4.78, 5) is 22.5. The van der Waals surface area contributed by atoms with E-state index < -0.39 is 4.92 Å². The first-order chi connectivity index (χ1) is 9.97. The molecule has 5 nitrogen and oxygen atoms in total. The molecule has 0 aliphatic heterocycles. The number of aryl methyl sites for hydroxylation is 1. The molecule has 6 heteroatoms. The fourth-order valence-corrected chi connectivity index (χ4v) is 3.12. The fourth-order valence-electron chi connectivity index (χ4n) is 2.71. The average Bonchev–Trinajstić information content (AvgIpc) is 2.45. The van der Waals surface area contributed by atoms with Crippen LogP contribution in [0.5, 0.6) is 0 Å². The zero-order valence-electron chi connectivity index (χ0n) is 12.0. The van der Waals surface area contributed by atoms with Gasteiger partial charge in [0, 0.05) is 29.6 Å². The lowest BCUT2D eigenvalue weighted by molar-refractivity contribution is -0.384. The summed E-state index contributed by atoms with van der Waals surface area (Å²) < 4.78 is 0. The molecule has 0 saturated heterocycles. The summed E-state index contributed by atoms with van der Waals surface area (Å²) in [5.74, 6) is 0.136.